The molecule has 1 aliphatic rings. The van der Waals surface area contributed by atoms with Crippen molar-refractivity contribution in [3.05, 3.63) is 98.3 Å². The Hall–Kier alpha value is -4.41. The molecular formula is C28H24Cl2N6O4. The van der Waals surface area contributed by atoms with Crippen LogP contribution >= 0.6 is 23.2 Å². The molecule has 3 amide bonds. The van der Waals surface area contributed by atoms with Gasteiger partial charge in [-0.1, -0.05) is 53.5 Å². The number of carbonyl (C=O) groups excluding carboxylic acids is 2. The van der Waals surface area contributed by atoms with E-state index in [0.717, 1.165) is 36.4 Å². The first-order valence-corrected chi connectivity index (χ1v) is 13.2. The number of amides is 3. The number of halogens is 2. The van der Waals surface area contributed by atoms with Crippen LogP contribution in [0.2, 0.25) is 10.0 Å². The largest absolute Gasteiger partial charge is 0.429 e. The van der Waals surface area contributed by atoms with Crippen LogP contribution in [-0.4, -0.2) is 37.7 Å². The van der Waals surface area contributed by atoms with Gasteiger partial charge in [0.2, 0.25) is 0 Å². The van der Waals surface area contributed by atoms with E-state index < -0.39 is 11.6 Å². The number of pyridine rings is 1. The molecule has 0 aliphatic heterocycles. The summed E-state index contributed by atoms with van der Waals surface area (Å²) in [5.74, 6) is -0.100. The number of carbonyl (C=O) groups is 2. The fourth-order valence-corrected chi connectivity index (χ4v) is 4.58. The van der Waals surface area contributed by atoms with Crippen molar-refractivity contribution in [3.63, 3.8) is 0 Å². The molecule has 1 fully saturated rings. The van der Waals surface area contributed by atoms with Crippen molar-refractivity contribution in [1.82, 2.24) is 19.8 Å². The van der Waals surface area contributed by atoms with Gasteiger partial charge in [0.15, 0.2) is 0 Å². The summed E-state index contributed by atoms with van der Waals surface area (Å²) in [7, 11) is 0. The summed E-state index contributed by atoms with van der Waals surface area (Å²) in [6, 6.07) is 15.7. The SMILES string of the molecule is CCn1nc(-c2cccc(-c3cccc(C(=O)NC4CC4)c3)c2)cc(NC(=O)N=c2c(Cl)cn(O)cc2Cl)c1=O. The molecule has 3 N–H and O–H groups in total. The Morgan fingerprint density at radius 2 is 1.68 bits per heavy atom. The molecule has 2 aromatic heterocycles. The number of rotatable bonds is 6. The number of anilines is 1. The predicted octanol–water partition coefficient (Wildman–Crippen LogP) is 4.97. The fourth-order valence-electron chi connectivity index (χ4n) is 4.04. The maximum Gasteiger partial charge on any atom is 0.346 e. The van der Waals surface area contributed by atoms with Gasteiger partial charge in [0, 0.05) is 23.7 Å². The van der Waals surface area contributed by atoms with Gasteiger partial charge in [-0.05, 0) is 55.2 Å². The number of urea groups is 1. The molecule has 2 aromatic carbocycles. The Balaban J connectivity index is 1.47. The molecule has 0 bridgehead atoms. The molecule has 0 saturated heterocycles. The van der Waals surface area contributed by atoms with E-state index in [4.69, 9.17) is 23.2 Å². The zero-order valence-electron chi connectivity index (χ0n) is 21.3. The molecule has 2 heterocycles. The Kier molecular flexibility index (Phi) is 7.72. The number of aromatic nitrogens is 3. The molecule has 40 heavy (non-hydrogen) atoms. The number of nitrogens with zero attached hydrogens (tertiary/aromatic N) is 4. The zero-order chi connectivity index (χ0) is 28.4. The summed E-state index contributed by atoms with van der Waals surface area (Å²) < 4.78 is 1.88. The highest BCUT2D eigenvalue weighted by Gasteiger charge is 2.24. The molecule has 0 atom stereocenters. The minimum atomic E-state index is -0.883. The van der Waals surface area contributed by atoms with Crippen molar-refractivity contribution in [1.29, 1.82) is 0 Å². The molecule has 1 aliphatic carbocycles. The van der Waals surface area contributed by atoms with E-state index in [2.05, 4.69) is 20.7 Å². The predicted molar refractivity (Wildman–Crippen MR) is 152 cm³/mol. The molecule has 0 unspecified atom stereocenters. The molecule has 12 heteroatoms. The van der Waals surface area contributed by atoms with Crippen LogP contribution in [0.1, 0.15) is 30.1 Å². The number of hydrogen-bond donors (Lipinski definition) is 3. The quantitative estimate of drug-likeness (QED) is 0.278. The van der Waals surface area contributed by atoms with E-state index in [1.807, 2.05) is 42.5 Å². The molecule has 10 nitrogen and oxygen atoms in total. The maximum absolute atomic E-state index is 12.9. The van der Waals surface area contributed by atoms with Crippen LogP contribution in [0.3, 0.4) is 0 Å². The number of hydrogen-bond acceptors (Lipinski definition) is 5. The van der Waals surface area contributed by atoms with Gasteiger partial charge in [-0.2, -0.15) is 14.8 Å². The fraction of sp³-hybridized carbons (Fsp3) is 0.179. The van der Waals surface area contributed by atoms with E-state index in [0.29, 0.717) is 21.6 Å². The zero-order valence-corrected chi connectivity index (χ0v) is 22.8. The first-order chi connectivity index (χ1) is 19.2. The van der Waals surface area contributed by atoms with E-state index in [1.165, 1.54) is 10.7 Å². The summed E-state index contributed by atoms with van der Waals surface area (Å²) in [6.45, 7) is 2.02. The average molecular weight is 579 g/mol. The van der Waals surface area contributed by atoms with E-state index in [9.17, 15) is 19.6 Å². The van der Waals surface area contributed by atoms with Crippen molar-refractivity contribution >= 4 is 40.8 Å². The van der Waals surface area contributed by atoms with Gasteiger partial charge in [0.05, 0.1) is 28.1 Å². The van der Waals surface area contributed by atoms with Crippen LogP contribution in [0.5, 0.6) is 0 Å². The molecule has 204 valence electrons. The second kappa shape index (κ2) is 11.4. The number of benzene rings is 2. The Morgan fingerprint density at radius 1 is 1.02 bits per heavy atom. The Bertz CT molecular complexity index is 1730. The van der Waals surface area contributed by atoms with Crippen LogP contribution < -0.4 is 21.6 Å². The lowest BCUT2D eigenvalue weighted by atomic mass is 9.99. The summed E-state index contributed by atoms with van der Waals surface area (Å²) in [6.07, 6.45) is 4.26. The number of aryl methyl sites for hydroxylation is 1. The minimum absolute atomic E-state index is 0.0369. The normalized spacial score (nSPS) is 12.6. The van der Waals surface area contributed by atoms with E-state index >= 15 is 0 Å². The van der Waals surface area contributed by atoms with Crippen LogP contribution in [0.25, 0.3) is 22.4 Å². The Morgan fingerprint density at radius 3 is 2.35 bits per heavy atom. The molecular weight excluding hydrogens is 555 g/mol. The molecule has 5 rings (SSSR count). The summed E-state index contributed by atoms with van der Waals surface area (Å²) >= 11 is 12.1. The van der Waals surface area contributed by atoms with Gasteiger partial charge >= 0.3 is 6.03 Å². The highest BCUT2D eigenvalue weighted by molar-refractivity contribution is 6.34. The van der Waals surface area contributed by atoms with Crippen LogP contribution in [0, 0.1) is 0 Å². The lowest BCUT2D eigenvalue weighted by Gasteiger charge is -2.11. The average Bonchev–Trinajstić information content (AvgIpc) is 3.76. The molecule has 1 saturated carbocycles. The second-order valence-electron chi connectivity index (χ2n) is 9.20. The van der Waals surface area contributed by atoms with Crippen LogP contribution in [0.4, 0.5) is 10.5 Å². The van der Waals surface area contributed by atoms with Gasteiger partial charge in [-0.3, -0.25) is 9.59 Å². The van der Waals surface area contributed by atoms with Crippen LogP contribution in [0.15, 0.2) is 76.8 Å². The van der Waals surface area contributed by atoms with Gasteiger partial charge in [0.25, 0.3) is 11.5 Å². The highest BCUT2D eigenvalue weighted by Crippen LogP contribution is 2.27. The molecule has 0 radical (unpaired) electrons. The van der Waals surface area contributed by atoms with Gasteiger partial charge < -0.3 is 15.8 Å². The third kappa shape index (κ3) is 6.08. The van der Waals surface area contributed by atoms with Gasteiger partial charge in [0.1, 0.15) is 11.0 Å². The van der Waals surface area contributed by atoms with E-state index in [-0.39, 0.29) is 39.6 Å². The van der Waals surface area contributed by atoms with Crippen molar-refractivity contribution in [2.45, 2.75) is 32.4 Å². The lowest BCUT2D eigenvalue weighted by molar-refractivity contribution is 0.0951. The minimum Gasteiger partial charge on any atom is -0.429 e. The summed E-state index contributed by atoms with van der Waals surface area (Å²) in [5, 5.41) is 19.3. The maximum atomic E-state index is 12.9. The third-order valence-corrected chi connectivity index (χ3v) is 6.75. The lowest BCUT2D eigenvalue weighted by Crippen LogP contribution is -2.27. The Labute approximate surface area is 238 Å². The molecule has 0 spiro atoms. The summed E-state index contributed by atoms with van der Waals surface area (Å²) in [5.41, 5.74) is 2.87. The van der Waals surface area contributed by atoms with Crippen LogP contribution in [-0.2, 0) is 6.54 Å². The smallest absolute Gasteiger partial charge is 0.346 e. The monoisotopic (exact) mass is 578 g/mol. The standard InChI is InChI=1S/C28H24Cl2N6O4/c1-2-36-27(38)24(32-28(39)33-25-21(29)14-35(40)15-22(25)30)13-23(34-36)18-7-3-5-16(11-18)17-6-4-8-19(12-17)26(37)31-20-9-10-20/h3-8,11-15,20,40H,2,9-10H2,1H3,(H,31,37)(H,32,39). The summed E-state index contributed by atoms with van der Waals surface area (Å²) in [4.78, 5) is 42.0. The van der Waals surface area contributed by atoms with Crippen molar-refractivity contribution < 1.29 is 14.8 Å². The van der Waals surface area contributed by atoms with Crippen molar-refractivity contribution in [2.75, 3.05) is 5.32 Å². The number of nitrogens with one attached hydrogen (secondary N) is 2. The third-order valence-electron chi connectivity index (χ3n) is 6.20. The highest BCUT2D eigenvalue weighted by atomic mass is 35.5. The van der Waals surface area contributed by atoms with Gasteiger partial charge in [-0.25, -0.2) is 9.48 Å². The van der Waals surface area contributed by atoms with Crippen molar-refractivity contribution in [3.8, 4) is 22.4 Å². The first kappa shape index (κ1) is 27.2. The second-order valence-corrected chi connectivity index (χ2v) is 10.0. The molecule has 4 aromatic rings. The van der Waals surface area contributed by atoms with Gasteiger partial charge in [-0.15, -0.1) is 0 Å². The first-order valence-electron chi connectivity index (χ1n) is 12.5. The van der Waals surface area contributed by atoms with Crippen molar-refractivity contribution in [2.24, 2.45) is 4.99 Å². The topological polar surface area (TPSA) is 131 Å². The van der Waals surface area contributed by atoms with E-state index in [1.54, 1.807) is 13.0 Å².